The van der Waals surface area contributed by atoms with Gasteiger partial charge in [0.1, 0.15) is 0 Å². The van der Waals surface area contributed by atoms with Crippen molar-refractivity contribution < 1.29 is 9.59 Å². The van der Waals surface area contributed by atoms with Crippen molar-refractivity contribution >= 4 is 11.7 Å². The van der Waals surface area contributed by atoms with Crippen molar-refractivity contribution in [1.29, 1.82) is 0 Å². The van der Waals surface area contributed by atoms with Crippen LogP contribution in [0, 0.1) is 0 Å². The average Bonchev–Trinajstić information content (AvgIpc) is 2.17. The Hall–Kier alpha value is -0.860. The molecule has 0 aliphatic heterocycles. The maximum atomic E-state index is 11.4. The number of carbonyl (C=O) groups excluding carboxylic acids is 2. The zero-order valence-corrected chi connectivity index (χ0v) is 8.96. The van der Waals surface area contributed by atoms with E-state index in [1.807, 2.05) is 20.8 Å². The largest absolute Gasteiger partial charge is 0.336 e. The van der Waals surface area contributed by atoms with E-state index < -0.39 is 0 Å². The Morgan fingerprint density at radius 3 is 2.00 bits per heavy atom. The zero-order valence-electron chi connectivity index (χ0n) is 8.96. The number of Topliss-reactive ketones (excluding diaryl/α,β-unsaturated/α-hetero) is 1. The van der Waals surface area contributed by atoms with Gasteiger partial charge in [0.2, 0.25) is 5.91 Å². The number of likely N-dealkylation sites (N-methyl/N-ethyl adjacent to an activating group) is 1. The van der Waals surface area contributed by atoms with Crippen molar-refractivity contribution in [1.82, 2.24) is 4.90 Å². The van der Waals surface area contributed by atoms with Gasteiger partial charge < -0.3 is 4.90 Å². The Morgan fingerprint density at radius 1 is 1.15 bits per heavy atom. The van der Waals surface area contributed by atoms with Crippen LogP contribution in [0.25, 0.3) is 0 Å². The molecule has 0 aromatic heterocycles. The van der Waals surface area contributed by atoms with Crippen LogP contribution in [0.15, 0.2) is 0 Å². The van der Waals surface area contributed by atoms with E-state index in [0.29, 0.717) is 19.3 Å². The molecule has 0 bridgehead atoms. The standard InChI is InChI=1S/C10H19NO2/c1-5-8(9(12)6-2)11(4)10(13)7-3/h8H,5-7H2,1-4H3/t8-/m0/s1. The molecule has 0 aromatic rings. The van der Waals surface area contributed by atoms with E-state index in [9.17, 15) is 9.59 Å². The van der Waals surface area contributed by atoms with Crippen molar-refractivity contribution in [3.05, 3.63) is 0 Å². The highest BCUT2D eigenvalue weighted by Crippen LogP contribution is 2.06. The van der Waals surface area contributed by atoms with Gasteiger partial charge in [0.25, 0.3) is 0 Å². The Labute approximate surface area is 80.1 Å². The van der Waals surface area contributed by atoms with Gasteiger partial charge in [0, 0.05) is 19.9 Å². The van der Waals surface area contributed by atoms with Gasteiger partial charge in [-0.2, -0.15) is 0 Å². The van der Waals surface area contributed by atoms with Crippen LogP contribution in [-0.2, 0) is 9.59 Å². The molecule has 1 atom stereocenters. The Balaban J connectivity index is 4.39. The molecule has 0 spiro atoms. The molecule has 0 unspecified atom stereocenters. The lowest BCUT2D eigenvalue weighted by Gasteiger charge is -2.25. The minimum Gasteiger partial charge on any atom is -0.336 e. The van der Waals surface area contributed by atoms with Crippen LogP contribution in [0.2, 0.25) is 0 Å². The van der Waals surface area contributed by atoms with Gasteiger partial charge in [-0.1, -0.05) is 20.8 Å². The lowest BCUT2D eigenvalue weighted by molar-refractivity contribution is -0.137. The van der Waals surface area contributed by atoms with Crippen LogP contribution in [0.4, 0.5) is 0 Å². The molecule has 1 amide bonds. The fraction of sp³-hybridized carbons (Fsp3) is 0.800. The molecule has 0 heterocycles. The predicted octanol–water partition coefficient (Wildman–Crippen LogP) is 1.61. The summed E-state index contributed by atoms with van der Waals surface area (Å²) in [5, 5.41) is 0. The second kappa shape index (κ2) is 5.73. The van der Waals surface area contributed by atoms with Gasteiger partial charge in [-0.3, -0.25) is 9.59 Å². The number of carbonyl (C=O) groups is 2. The molecule has 3 nitrogen and oxygen atoms in total. The summed E-state index contributed by atoms with van der Waals surface area (Å²) < 4.78 is 0. The minimum atomic E-state index is -0.225. The highest BCUT2D eigenvalue weighted by Gasteiger charge is 2.22. The van der Waals surface area contributed by atoms with Gasteiger partial charge in [0.15, 0.2) is 5.78 Å². The summed E-state index contributed by atoms with van der Waals surface area (Å²) in [7, 11) is 1.70. The topological polar surface area (TPSA) is 37.4 Å². The first kappa shape index (κ1) is 12.1. The lowest BCUT2D eigenvalue weighted by Crippen LogP contribution is -2.41. The van der Waals surface area contributed by atoms with E-state index in [1.54, 1.807) is 11.9 Å². The molecule has 0 radical (unpaired) electrons. The second-order valence-electron chi connectivity index (χ2n) is 3.10. The first-order valence-corrected chi connectivity index (χ1v) is 4.86. The molecule has 0 fully saturated rings. The molecule has 13 heavy (non-hydrogen) atoms. The van der Waals surface area contributed by atoms with Crippen LogP contribution < -0.4 is 0 Å². The summed E-state index contributed by atoms with van der Waals surface area (Å²) in [6.45, 7) is 5.56. The van der Waals surface area contributed by atoms with E-state index in [0.717, 1.165) is 0 Å². The van der Waals surface area contributed by atoms with Crippen molar-refractivity contribution in [3.8, 4) is 0 Å². The van der Waals surface area contributed by atoms with Crippen LogP contribution in [0.1, 0.15) is 40.0 Å². The number of ketones is 1. The van der Waals surface area contributed by atoms with E-state index in [-0.39, 0.29) is 17.7 Å². The van der Waals surface area contributed by atoms with E-state index >= 15 is 0 Å². The number of rotatable bonds is 5. The fourth-order valence-corrected chi connectivity index (χ4v) is 1.38. The second-order valence-corrected chi connectivity index (χ2v) is 3.10. The Morgan fingerprint density at radius 2 is 1.69 bits per heavy atom. The minimum absolute atomic E-state index is 0.0358. The van der Waals surface area contributed by atoms with Crippen LogP contribution in [-0.4, -0.2) is 29.7 Å². The van der Waals surface area contributed by atoms with Crippen molar-refractivity contribution in [3.63, 3.8) is 0 Å². The highest BCUT2D eigenvalue weighted by atomic mass is 16.2. The molecule has 76 valence electrons. The molecule has 0 saturated heterocycles. The normalized spacial score (nSPS) is 12.3. The summed E-state index contributed by atoms with van der Waals surface area (Å²) >= 11 is 0. The monoisotopic (exact) mass is 185 g/mol. The average molecular weight is 185 g/mol. The molecule has 0 aliphatic rings. The maximum Gasteiger partial charge on any atom is 0.222 e. The number of amides is 1. The molecule has 3 heteroatoms. The van der Waals surface area contributed by atoms with E-state index in [4.69, 9.17) is 0 Å². The summed E-state index contributed by atoms with van der Waals surface area (Å²) in [4.78, 5) is 24.3. The Kier molecular flexibility index (Phi) is 5.35. The van der Waals surface area contributed by atoms with Crippen LogP contribution >= 0.6 is 0 Å². The van der Waals surface area contributed by atoms with Crippen LogP contribution in [0.3, 0.4) is 0 Å². The number of hydrogen-bond donors (Lipinski definition) is 0. The number of nitrogens with zero attached hydrogens (tertiary/aromatic N) is 1. The van der Waals surface area contributed by atoms with Gasteiger partial charge in [0.05, 0.1) is 6.04 Å². The molecule has 0 saturated carbocycles. The molecule has 0 rings (SSSR count). The van der Waals surface area contributed by atoms with Gasteiger partial charge in [-0.05, 0) is 6.42 Å². The molecule has 0 aromatic carbocycles. The zero-order chi connectivity index (χ0) is 10.4. The first-order valence-electron chi connectivity index (χ1n) is 4.86. The third kappa shape index (κ3) is 3.17. The molecule has 0 aliphatic carbocycles. The summed E-state index contributed by atoms with van der Waals surface area (Å²) in [5.74, 6) is 0.181. The third-order valence-electron chi connectivity index (χ3n) is 2.27. The van der Waals surface area contributed by atoms with E-state index in [1.165, 1.54) is 0 Å². The first-order chi connectivity index (χ1) is 6.08. The van der Waals surface area contributed by atoms with Crippen LogP contribution in [0.5, 0.6) is 0 Å². The quantitative estimate of drug-likeness (QED) is 0.652. The summed E-state index contributed by atoms with van der Waals surface area (Å²) in [5.41, 5.74) is 0. The summed E-state index contributed by atoms with van der Waals surface area (Å²) in [6.07, 6.45) is 1.67. The van der Waals surface area contributed by atoms with E-state index in [2.05, 4.69) is 0 Å². The van der Waals surface area contributed by atoms with Crippen molar-refractivity contribution in [2.24, 2.45) is 0 Å². The third-order valence-corrected chi connectivity index (χ3v) is 2.27. The number of hydrogen-bond acceptors (Lipinski definition) is 2. The van der Waals surface area contributed by atoms with Gasteiger partial charge >= 0.3 is 0 Å². The fourth-order valence-electron chi connectivity index (χ4n) is 1.38. The SMILES string of the molecule is CCC(=O)[C@H](CC)N(C)C(=O)CC. The lowest BCUT2D eigenvalue weighted by atomic mass is 10.1. The van der Waals surface area contributed by atoms with Gasteiger partial charge in [-0.15, -0.1) is 0 Å². The molecule has 0 N–H and O–H groups in total. The predicted molar refractivity (Wildman–Crippen MR) is 52.4 cm³/mol. The van der Waals surface area contributed by atoms with Gasteiger partial charge in [-0.25, -0.2) is 0 Å². The molecular formula is C10H19NO2. The van der Waals surface area contributed by atoms with Crippen molar-refractivity contribution in [2.45, 2.75) is 46.1 Å². The highest BCUT2D eigenvalue weighted by molar-refractivity contribution is 5.88. The maximum absolute atomic E-state index is 11.4. The molecular weight excluding hydrogens is 166 g/mol. The smallest absolute Gasteiger partial charge is 0.222 e. The van der Waals surface area contributed by atoms with Crippen molar-refractivity contribution in [2.75, 3.05) is 7.05 Å². The Bertz CT molecular complexity index is 189. The summed E-state index contributed by atoms with van der Waals surface area (Å²) in [6, 6.07) is -0.225.